The van der Waals surface area contributed by atoms with Crippen LogP contribution in [0.3, 0.4) is 0 Å². The molecule has 0 saturated heterocycles. The molecule has 114 valence electrons. The average molecular weight is 289 g/mol. The fraction of sp³-hybridized carbons (Fsp3) is 0.500. The Labute approximate surface area is 125 Å². The van der Waals surface area contributed by atoms with Gasteiger partial charge in [-0.1, -0.05) is 20.8 Å². The molecule has 2 aromatic rings. The average Bonchev–Trinajstić information content (AvgIpc) is 2.85. The lowest BCUT2D eigenvalue weighted by atomic mass is 10.1. The zero-order chi connectivity index (χ0) is 15.4. The Morgan fingerprint density at radius 1 is 1.48 bits per heavy atom. The third kappa shape index (κ3) is 3.17. The Morgan fingerprint density at radius 3 is 2.86 bits per heavy atom. The Morgan fingerprint density at radius 2 is 2.24 bits per heavy atom. The van der Waals surface area contributed by atoms with E-state index in [0.29, 0.717) is 36.0 Å². The predicted molar refractivity (Wildman–Crippen MR) is 82.9 cm³/mol. The topological polar surface area (TPSA) is 55.6 Å². The van der Waals surface area contributed by atoms with E-state index in [9.17, 15) is 4.79 Å². The number of hydrogen-bond donors (Lipinski definition) is 1. The largest absolute Gasteiger partial charge is 0.493 e. The molecule has 0 spiro atoms. The summed E-state index contributed by atoms with van der Waals surface area (Å²) in [4.78, 5) is 17.0. The Balaban J connectivity index is 2.35. The first-order valence-electron chi connectivity index (χ1n) is 7.40. The lowest BCUT2D eigenvalue weighted by Crippen LogP contribution is -2.27. The molecule has 0 aromatic carbocycles. The van der Waals surface area contributed by atoms with Crippen LogP contribution in [0, 0.1) is 5.92 Å². The molecule has 1 amide bonds. The van der Waals surface area contributed by atoms with Crippen molar-refractivity contribution in [2.24, 2.45) is 5.92 Å². The predicted octanol–water partition coefficient (Wildman–Crippen LogP) is 2.68. The monoisotopic (exact) mass is 289 g/mol. The SMILES string of the molecule is CCc1nc2c(OC)cccn2c1C(=O)NCCC(C)C. The van der Waals surface area contributed by atoms with Gasteiger partial charge in [-0.2, -0.15) is 0 Å². The van der Waals surface area contributed by atoms with E-state index in [1.165, 1.54) is 0 Å². The standard InChI is InChI=1S/C16H23N3O2/c1-5-12-14(16(20)17-9-8-11(2)3)19-10-6-7-13(21-4)15(19)18-12/h6-7,10-11H,5,8-9H2,1-4H3,(H,17,20). The maximum Gasteiger partial charge on any atom is 0.270 e. The van der Waals surface area contributed by atoms with Crippen LogP contribution in [0.2, 0.25) is 0 Å². The van der Waals surface area contributed by atoms with Gasteiger partial charge in [-0.3, -0.25) is 9.20 Å². The minimum absolute atomic E-state index is 0.0757. The van der Waals surface area contributed by atoms with Crippen molar-refractivity contribution in [3.05, 3.63) is 29.7 Å². The van der Waals surface area contributed by atoms with Gasteiger partial charge in [0.1, 0.15) is 5.69 Å². The van der Waals surface area contributed by atoms with E-state index >= 15 is 0 Å². The minimum Gasteiger partial charge on any atom is -0.493 e. The molecule has 0 fully saturated rings. The fourth-order valence-corrected chi connectivity index (χ4v) is 2.29. The van der Waals surface area contributed by atoms with Crippen LogP contribution in [0.25, 0.3) is 5.65 Å². The number of carbonyl (C=O) groups excluding carboxylic acids is 1. The molecule has 0 unspecified atom stereocenters. The molecular formula is C16H23N3O2. The highest BCUT2D eigenvalue weighted by Gasteiger charge is 2.19. The second kappa shape index (κ2) is 6.61. The number of rotatable bonds is 6. The molecule has 0 aliphatic carbocycles. The molecule has 2 rings (SSSR count). The summed E-state index contributed by atoms with van der Waals surface area (Å²) in [5, 5.41) is 2.98. The number of carbonyl (C=O) groups is 1. The summed E-state index contributed by atoms with van der Waals surface area (Å²) >= 11 is 0. The van der Waals surface area contributed by atoms with Gasteiger partial charge in [0.25, 0.3) is 5.91 Å². The van der Waals surface area contributed by atoms with Crippen LogP contribution in [-0.2, 0) is 6.42 Å². The van der Waals surface area contributed by atoms with Gasteiger partial charge in [0.05, 0.1) is 12.8 Å². The normalized spacial score (nSPS) is 11.1. The van der Waals surface area contributed by atoms with Crippen molar-refractivity contribution in [2.45, 2.75) is 33.6 Å². The van der Waals surface area contributed by atoms with E-state index in [1.807, 2.05) is 29.7 Å². The van der Waals surface area contributed by atoms with E-state index in [1.54, 1.807) is 7.11 Å². The number of methoxy groups -OCH3 is 1. The Hall–Kier alpha value is -2.04. The zero-order valence-corrected chi connectivity index (χ0v) is 13.1. The van der Waals surface area contributed by atoms with E-state index in [2.05, 4.69) is 24.1 Å². The molecule has 2 aromatic heterocycles. The van der Waals surface area contributed by atoms with E-state index in [0.717, 1.165) is 12.1 Å². The fourth-order valence-electron chi connectivity index (χ4n) is 2.29. The van der Waals surface area contributed by atoms with Crippen LogP contribution in [0.4, 0.5) is 0 Å². The van der Waals surface area contributed by atoms with Crippen LogP contribution in [0.5, 0.6) is 5.75 Å². The van der Waals surface area contributed by atoms with E-state index in [-0.39, 0.29) is 5.91 Å². The number of fused-ring (bicyclic) bond motifs is 1. The minimum atomic E-state index is -0.0757. The van der Waals surface area contributed by atoms with Crippen LogP contribution in [0.1, 0.15) is 43.4 Å². The van der Waals surface area contributed by atoms with Crippen molar-refractivity contribution < 1.29 is 9.53 Å². The summed E-state index contributed by atoms with van der Waals surface area (Å²) in [6, 6.07) is 3.71. The maximum atomic E-state index is 12.5. The molecule has 0 radical (unpaired) electrons. The summed E-state index contributed by atoms with van der Waals surface area (Å²) in [6.45, 7) is 6.96. The van der Waals surface area contributed by atoms with Crippen molar-refractivity contribution >= 4 is 11.6 Å². The third-order valence-electron chi connectivity index (χ3n) is 3.46. The molecule has 1 N–H and O–H groups in total. The van der Waals surface area contributed by atoms with Crippen molar-refractivity contribution in [2.75, 3.05) is 13.7 Å². The second-order valence-electron chi connectivity index (χ2n) is 5.47. The van der Waals surface area contributed by atoms with Crippen molar-refractivity contribution in [1.82, 2.24) is 14.7 Å². The summed E-state index contributed by atoms with van der Waals surface area (Å²) in [5.41, 5.74) is 2.09. The highest BCUT2D eigenvalue weighted by atomic mass is 16.5. The summed E-state index contributed by atoms with van der Waals surface area (Å²) in [7, 11) is 1.61. The quantitative estimate of drug-likeness (QED) is 0.889. The van der Waals surface area contributed by atoms with Gasteiger partial charge in [0.15, 0.2) is 11.4 Å². The molecule has 0 aliphatic rings. The third-order valence-corrected chi connectivity index (χ3v) is 3.46. The molecule has 5 heteroatoms. The number of nitrogens with zero attached hydrogens (tertiary/aromatic N) is 2. The van der Waals surface area contributed by atoms with Crippen LogP contribution >= 0.6 is 0 Å². The number of amides is 1. The number of nitrogens with one attached hydrogen (secondary N) is 1. The summed E-state index contributed by atoms with van der Waals surface area (Å²) < 4.78 is 7.13. The number of aryl methyl sites for hydroxylation is 1. The first-order valence-corrected chi connectivity index (χ1v) is 7.40. The number of ether oxygens (including phenoxy) is 1. The van der Waals surface area contributed by atoms with Crippen LogP contribution in [0.15, 0.2) is 18.3 Å². The molecule has 0 aliphatic heterocycles. The number of pyridine rings is 1. The van der Waals surface area contributed by atoms with Crippen molar-refractivity contribution in [3.8, 4) is 5.75 Å². The first kappa shape index (κ1) is 15.4. The van der Waals surface area contributed by atoms with E-state index < -0.39 is 0 Å². The lowest BCUT2D eigenvalue weighted by Gasteiger charge is -2.08. The summed E-state index contributed by atoms with van der Waals surface area (Å²) in [5.74, 6) is 1.17. The van der Waals surface area contributed by atoms with Gasteiger partial charge in [-0.15, -0.1) is 0 Å². The lowest BCUT2D eigenvalue weighted by molar-refractivity contribution is 0.0945. The Kier molecular flexibility index (Phi) is 4.83. The van der Waals surface area contributed by atoms with Gasteiger partial charge in [-0.05, 0) is 30.9 Å². The van der Waals surface area contributed by atoms with Crippen LogP contribution < -0.4 is 10.1 Å². The molecular weight excluding hydrogens is 266 g/mol. The second-order valence-corrected chi connectivity index (χ2v) is 5.47. The highest BCUT2D eigenvalue weighted by Crippen LogP contribution is 2.22. The van der Waals surface area contributed by atoms with Gasteiger partial charge in [-0.25, -0.2) is 4.98 Å². The van der Waals surface area contributed by atoms with Crippen molar-refractivity contribution in [1.29, 1.82) is 0 Å². The highest BCUT2D eigenvalue weighted by molar-refractivity contribution is 5.95. The first-order chi connectivity index (χ1) is 10.1. The number of imidazole rings is 1. The van der Waals surface area contributed by atoms with Gasteiger partial charge < -0.3 is 10.1 Å². The van der Waals surface area contributed by atoms with Gasteiger partial charge >= 0.3 is 0 Å². The summed E-state index contributed by atoms with van der Waals surface area (Å²) in [6.07, 6.45) is 3.52. The number of hydrogen-bond acceptors (Lipinski definition) is 3. The zero-order valence-electron chi connectivity index (χ0n) is 13.1. The van der Waals surface area contributed by atoms with E-state index in [4.69, 9.17) is 4.74 Å². The molecule has 21 heavy (non-hydrogen) atoms. The number of aromatic nitrogens is 2. The van der Waals surface area contributed by atoms with Gasteiger partial charge in [0, 0.05) is 12.7 Å². The van der Waals surface area contributed by atoms with Gasteiger partial charge in [0.2, 0.25) is 0 Å². The smallest absolute Gasteiger partial charge is 0.270 e. The molecule has 2 heterocycles. The Bertz CT molecular complexity index is 632. The van der Waals surface area contributed by atoms with Crippen molar-refractivity contribution in [3.63, 3.8) is 0 Å². The molecule has 0 atom stereocenters. The molecule has 0 bridgehead atoms. The van der Waals surface area contributed by atoms with Crippen LogP contribution in [-0.4, -0.2) is 28.9 Å². The maximum absolute atomic E-state index is 12.5. The molecule has 5 nitrogen and oxygen atoms in total. The molecule has 0 saturated carbocycles.